The highest BCUT2D eigenvalue weighted by Gasteiger charge is 2.40. The van der Waals surface area contributed by atoms with E-state index in [9.17, 15) is 23.1 Å². The maximum absolute atomic E-state index is 13.3. The van der Waals surface area contributed by atoms with E-state index in [0.717, 1.165) is 10.6 Å². The number of pyridine rings is 1. The molecule has 0 saturated heterocycles. The number of fused-ring (bicyclic) bond motifs is 1. The number of nitrogens with zero attached hydrogens (tertiary/aromatic N) is 3. The van der Waals surface area contributed by atoms with Gasteiger partial charge in [0, 0.05) is 5.54 Å². The quantitative estimate of drug-likeness (QED) is 0.669. The number of hydrogen-bond acceptors (Lipinski definition) is 5. The van der Waals surface area contributed by atoms with Crippen LogP contribution in [0.2, 0.25) is 5.02 Å². The molecular weight excluding hydrogens is 409 g/mol. The predicted molar refractivity (Wildman–Crippen MR) is 102 cm³/mol. The summed E-state index contributed by atoms with van der Waals surface area (Å²) < 4.78 is 40.8. The van der Waals surface area contributed by atoms with E-state index in [-0.39, 0.29) is 27.6 Å². The SMILES string of the molecule is C[C@]1(Nc2nc(=O)n(-c3ccccc3Cl)c3nc(C(F)(F)F)ccc23)C[C@H](O)C1. The molecule has 1 saturated carbocycles. The summed E-state index contributed by atoms with van der Waals surface area (Å²) in [6.45, 7) is 1.84. The van der Waals surface area contributed by atoms with Crippen molar-refractivity contribution in [3.63, 3.8) is 0 Å². The first-order chi connectivity index (χ1) is 13.6. The highest BCUT2D eigenvalue weighted by atomic mass is 35.5. The molecule has 2 aromatic heterocycles. The largest absolute Gasteiger partial charge is 0.433 e. The number of para-hydroxylation sites is 1. The lowest BCUT2D eigenvalue weighted by atomic mass is 9.76. The van der Waals surface area contributed by atoms with Gasteiger partial charge in [0.15, 0.2) is 5.65 Å². The lowest BCUT2D eigenvalue weighted by molar-refractivity contribution is -0.141. The van der Waals surface area contributed by atoms with Crippen molar-refractivity contribution in [3.8, 4) is 5.69 Å². The molecule has 2 heterocycles. The van der Waals surface area contributed by atoms with Gasteiger partial charge < -0.3 is 10.4 Å². The molecule has 0 unspecified atom stereocenters. The van der Waals surface area contributed by atoms with E-state index >= 15 is 0 Å². The Morgan fingerprint density at radius 1 is 1.21 bits per heavy atom. The van der Waals surface area contributed by atoms with E-state index in [1.807, 2.05) is 6.92 Å². The molecule has 10 heteroatoms. The van der Waals surface area contributed by atoms with Crippen molar-refractivity contribution in [2.75, 3.05) is 5.32 Å². The number of alkyl halides is 3. The second kappa shape index (κ2) is 6.70. The van der Waals surface area contributed by atoms with Crippen LogP contribution in [0, 0.1) is 0 Å². The zero-order chi connectivity index (χ0) is 21.0. The first kappa shape index (κ1) is 19.7. The van der Waals surface area contributed by atoms with E-state index in [1.165, 1.54) is 18.2 Å². The molecule has 6 nitrogen and oxygen atoms in total. The van der Waals surface area contributed by atoms with Crippen molar-refractivity contribution >= 4 is 28.5 Å². The highest BCUT2D eigenvalue weighted by Crippen LogP contribution is 2.37. The van der Waals surface area contributed by atoms with Crippen LogP contribution in [0.15, 0.2) is 41.2 Å². The Kier molecular flexibility index (Phi) is 4.54. The number of halogens is 4. The topological polar surface area (TPSA) is 80.0 Å². The van der Waals surface area contributed by atoms with Crippen molar-refractivity contribution in [2.24, 2.45) is 0 Å². The summed E-state index contributed by atoms with van der Waals surface area (Å²) in [6.07, 6.45) is -4.30. The van der Waals surface area contributed by atoms with Gasteiger partial charge in [-0.3, -0.25) is 0 Å². The van der Waals surface area contributed by atoms with Crippen LogP contribution in [0.3, 0.4) is 0 Å². The predicted octanol–water partition coefficient (Wildman–Crippen LogP) is 3.78. The number of benzene rings is 1. The zero-order valence-corrected chi connectivity index (χ0v) is 15.9. The lowest BCUT2D eigenvalue weighted by Gasteiger charge is -2.43. The zero-order valence-electron chi connectivity index (χ0n) is 15.2. The highest BCUT2D eigenvalue weighted by molar-refractivity contribution is 6.32. The normalized spacial score (nSPS) is 21.8. The first-order valence-electron chi connectivity index (χ1n) is 8.80. The number of hydrogen-bond donors (Lipinski definition) is 2. The van der Waals surface area contributed by atoms with Crippen molar-refractivity contribution in [2.45, 2.75) is 37.6 Å². The molecule has 4 rings (SSSR count). The molecule has 0 atom stereocenters. The van der Waals surface area contributed by atoms with Crippen molar-refractivity contribution < 1.29 is 18.3 Å². The van der Waals surface area contributed by atoms with Crippen molar-refractivity contribution in [1.29, 1.82) is 0 Å². The number of aliphatic hydroxyl groups excluding tert-OH is 1. The van der Waals surface area contributed by atoms with Gasteiger partial charge in [-0.25, -0.2) is 14.3 Å². The summed E-state index contributed by atoms with van der Waals surface area (Å²) in [5.74, 6) is 0.115. The number of nitrogens with one attached hydrogen (secondary N) is 1. The van der Waals surface area contributed by atoms with Gasteiger partial charge in [-0.2, -0.15) is 18.2 Å². The number of aliphatic hydroxyl groups is 1. The Morgan fingerprint density at radius 2 is 1.90 bits per heavy atom. The second-order valence-electron chi connectivity index (χ2n) is 7.34. The molecule has 2 N–H and O–H groups in total. The van der Waals surface area contributed by atoms with E-state index in [1.54, 1.807) is 12.1 Å². The van der Waals surface area contributed by atoms with Gasteiger partial charge in [0.2, 0.25) is 0 Å². The van der Waals surface area contributed by atoms with Gasteiger partial charge >= 0.3 is 11.9 Å². The van der Waals surface area contributed by atoms with Crippen molar-refractivity contribution in [3.05, 3.63) is 57.6 Å². The molecule has 152 valence electrons. The van der Waals surface area contributed by atoms with Gasteiger partial charge in [-0.05, 0) is 44.0 Å². The minimum atomic E-state index is -4.68. The van der Waals surface area contributed by atoms with Crippen LogP contribution in [0.4, 0.5) is 19.0 Å². The van der Waals surface area contributed by atoms with Gasteiger partial charge in [0.1, 0.15) is 11.5 Å². The second-order valence-corrected chi connectivity index (χ2v) is 7.75. The van der Waals surface area contributed by atoms with Gasteiger partial charge in [0.25, 0.3) is 0 Å². The molecule has 0 bridgehead atoms. The lowest BCUT2D eigenvalue weighted by Crippen LogP contribution is -2.51. The van der Waals surface area contributed by atoms with Crippen LogP contribution in [0.25, 0.3) is 16.7 Å². The molecule has 3 aromatic rings. The molecule has 29 heavy (non-hydrogen) atoms. The van der Waals surface area contributed by atoms with Crippen LogP contribution < -0.4 is 11.0 Å². The number of aromatic nitrogens is 3. The molecule has 1 aliphatic rings. The Bertz CT molecular complexity index is 1160. The molecule has 0 spiro atoms. The Labute approximate surface area is 168 Å². The van der Waals surface area contributed by atoms with Crippen LogP contribution in [0.1, 0.15) is 25.5 Å². The summed E-state index contributed by atoms with van der Waals surface area (Å²) in [4.78, 5) is 20.6. The summed E-state index contributed by atoms with van der Waals surface area (Å²) in [6, 6.07) is 8.34. The minimum absolute atomic E-state index is 0.115. The number of rotatable bonds is 3. The number of anilines is 1. The van der Waals surface area contributed by atoms with E-state index < -0.39 is 29.2 Å². The summed E-state index contributed by atoms with van der Waals surface area (Å²) in [5, 5.41) is 13.1. The summed E-state index contributed by atoms with van der Waals surface area (Å²) in [7, 11) is 0. The average molecular weight is 425 g/mol. The average Bonchev–Trinajstić information content (AvgIpc) is 2.60. The van der Waals surface area contributed by atoms with E-state index in [0.29, 0.717) is 12.8 Å². The Balaban J connectivity index is 1.98. The van der Waals surface area contributed by atoms with Crippen LogP contribution in [-0.2, 0) is 6.18 Å². The van der Waals surface area contributed by atoms with E-state index in [2.05, 4.69) is 15.3 Å². The Hall–Kier alpha value is -2.65. The third kappa shape index (κ3) is 3.56. The van der Waals surface area contributed by atoms with Gasteiger partial charge in [-0.15, -0.1) is 0 Å². The molecule has 1 aliphatic carbocycles. The maximum atomic E-state index is 13.3. The Morgan fingerprint density at radius 3 is 2.52 bits per heavy atom. The van der Waals surface area contributed by atoms with Crippen molar-refractivity contribution in [1.82, 2.24) is 14.5 Å². The molecule has 0 amide bonds. The third-order valence-corrected chi connectivity index (χ3v) is 5.24. The summed E-state index contributed by atoms with van der Waals surface area (Å²) >= 11 is 6.17. The molecule has 0 radical (unpaired) electrons. The monoisotopic (exact) mass is 424 g/mol. The minimum Gasteiger partial charge on any atom is -0.393 e. The van der Waals surface area contributed by atoms with Crippen LogP contribution in [0.5, 0.6) is 0 Å². The van der Waals surface area contributed by atoms with Crippen LogP contribution in [-0.4, -0.2) is 31.3 Å². The smallest absolute Gasteiger partial charge is 0.393 e. The summed E-state index contributed by atoms with van der Waals surface area (Å²) in [5.41, 5.74) is -2.50. The molecule has 1 aromatic carbocycles. The van der Waals surface area contributed by atoms with Gasteiger partial charge in [-0.1, -0.05) is 23.7 Å². The van der Waals surface area contributed by atoms with Crippen LogP contribution >= 0.6 is 11.6 Å². The van der Waals surface area contributed by atoms with E-state index in [4.69, 9.17) is 11.6 Å². The molecule has 1 fully saturated rings. The third-order valence-electron chi connectivity index (χ3n) is 4.92. The maximum Gasteiger partial charge on any atom is 0.433 e. The standard InChI is InChI=1S/C19H16ClF3N4O2/c1-18(8-10(28)9-18)26-15-11-6-7-14(19(21,22)23)24-16(11)27(17(29)25-15)13-5-3-2-4-12(13)20/h2-7,10,28H,8-9H2,1H3,(H,25,26,29)/t10-,18-. The molecular formula is C19H16ClF3N4O2. The molecule has 0 aliphatic heterocycles. The fraction of sp³-hybridized carbons (Fsp3) is 0.316. The van der Waals surface area contributed by atoms with Gasteiger partial charge in [0.05, 0.1) is 22.2 Å². The first-order valence-corrected chi connectivity index (χ1v) is 9.17. The fourth-order valence-electron chi connectivity index (χ4n) is 3.57. The fourth-order valence-corrected chi connectivity index (χ4v) is 3.79.